The zero-order valence-corrected chi connectivity index (χ0v) is 9.58. The smallest absolute Gasteiger partial charge is 0.0688 e. The maximum atomic E-state index is 5.08. The predicted molar refractivity (Wildman–Crippen MR) is 71.7 cm³/mol. The molecule has 0 bridgehead atoms. The molecule has 2 aromatic rings. The van der Waals surface area contributed by atoms with Crippen molar-refractivity contribution in [2.45, 2.75) is 6.54 Å². The van der Waals surface area contributed by atoms with Crippen molar-refractivity contribution in [3.8, 4) is 11.1 Å². The van der Waals surface area contributed by atoms with E-state index in [1.165, 1.54) is 22.4 Å². The summed E-state index contributed by atoms with van der Waals surface area (Å²) in [6.45, 7) is 0.872. The van der Waals surface area contributed by atoms with Gasteiger partial charge in [-0.3, -0.25) is 0 Å². The summed E-state index contributed by atoms with van der Waals surface area (Å²) in [6, 6.07) is 16.9. The molecule has 1 heterocycles. The summed E-state index contributed by atoms with van der Waals surface area (Å²) in [5, 5.41) is 0. The monoisotopic (exact) mass is 225 g/mol. The van der Waals surface area contributed by atoms with Gasteiger partial charge in [0, 0.05) is 17.8 Å². The van der Waals surface area contributed by atoms with Crippen LogP contribution in [0.5, 0.6) is 0 Å². The Morgan fingerprint density at radius 1 is 0.938 bits per heavy atom. The number of thiocarbonyl (C=S) groups is 1. The third-order valence-electron chi connectivity index (χ3n) is 2.99. The van der Waals surface area contributed by atoms with Gasteiger partial charge in [-0.25, -0.2) is 0 Å². The van der Waals surface area contributed by atoms with Gasteiger partial charge in [0.1, 0.15) is 0 Å². The van der Waals surface area contributed by atoms with Crippen molar-refractivity contribution in [3.63, 3.8) is 0 Å². The van der Waals surface area contributed by atoms with Crippen LogP contribution in [0.25, 0.3) is 11.1 Å². The lowest BCUT2D eigenvalue weighted by atomic mass is 9.94. The predicted octanol–water partition coefficient (Wildman–Crippen LogP) is 3.63. The second kappa shape index (κ2) is 3.72. The normalized spacial score (nSPS) is 12.9. The largest absolute Gasteiger partial charge is 0.334 e. The number of benzene rings is 2. The molecule has 2 heteroatoms. The summed E-state index contributed by atoms with van der Waals surface area (Å²) >= 11 is 5.08. The molecule has 0 aromatic heterocycles. The van der Waals surface area contributed by atoms with Crippen molar-refractivity contribution in [3.05, 3.63) is 54.1 Å². The zero-order valence-electron chi connectivity index (χ0n) is 8.76. The molecule has 0 saturated carbocycles. The third-order valence-corrected chi connectivity index (χ3v) is 3.24. The van der Waals surface area contributed by atoms with Gasteiger partial charge in [0.25, 0.3) is 0 Å². The highest BCUT2D eigenvalue weighted by Gasteiger charge is 2.19. The molecular formula is C14H11NS. The van der Waals surface area contributed by atoms with Crippen molar-refractivity contribution >= 4 is 23.4 Å². The fraction of sp³-hybridized carbons (Fsp3) is 0.0714. The number of fused-ring (bicyclic) bond motifs is 3. The molecule has 3 rings (SSSR count). The van der Waals surface area contributed by atoms with Crippen LogP contribution < -0.4 is 4.90 Å². The van der Waals surface area contributed by atoms with Gasteiger partial charge in [-0.05, 0) is 17.2 Å². The summed E-state index contributed by atoms with van der Waals surface area (Å²) in [4.78, 5) is 2.12. The number of para-hydroxylation sites is 1. The van der Waals surface area contributed by atoms with Gasteiger partial charge in [-0.2, -0.15) is 0 Å². The SMILES string of the molecule is S=CN1Cc2ccccc2-c2ccccc21. The minimum absolute atomic E-state index is 0.872. The Balaban J connectivity index is 2.28. The van der Waals surface area contributed by atoms with Crippen molar-refractivity contribution in [2.75, 3.05) is 4.90 Å². The van der Waals surface area contributed by atoms with E-state index >= 15 is 0 Å². The number of anilines is 1. The van der Waals surface area contributed by atoms with E-state index in [-0.39, 0.29) is 0 Å². The first-order chi connectivity index (χ1) is 7.90. The molecular weight excluding hydrogens is 214 g/mol. The first-order valence-electron chi connectivity index (χ1n) is 5.29. The molecule has 1 nitrogen and oxygen atoms in total. The average Bonchev–Trinajstić information content (AvgIpc) is 2.38. The Labute approximate surface area is 100 Å². The summed E-state index contributed by atoms with van der Waals surface area (Å²) in [6.07, 6.45) is 0. The van der Waals surface area contributed by atoms with Gasteiger partial charge >= 0.3 is 0 Å². The van der Waals surface area contributed by atoms with Crippen LogP contribution in [-0.2, 0) is 6.54 Å². The van der Waals surface area contributed by atoms with Gasteiger partial charge in [0.05, 0.1) is 5.49 Å². The van der Waals surface area contributed by atoms with Crippen molar-refractivity contribution in [1.29, 1.82) is 0 Å². The molecule has 0 saturated heterocycles. The highest BCUT2D eigenvalue weighted by atomic mass is 32.1. The Morgan fingerprint density at radius 2 is 1.62 bits per heavy atom. The van der Waals surface area contributed by atoms with Crippen LogP contribution in [0.4, 0.5) is 5.69 Å². The summed E-state index contributed by atoms with van der Waals surface area (Å²) in [5.74, 6) is 0. The lowest BCUT2D eigenvalue weighted by Gasteiger charge is -2.29. The average molecular weight is 225 g/mol. The van der Waals surface area contributed by atoms with Crippen LogP contribution in [0.15, 0.2) is 48.5 Å². The summed E-state index contributed by atoms with van der Waals surface area (Å²) in [7, 11) is 0. The molecule has 1 aliphatic heterocycles. The van der Waals surface area contributed by atoms with Crippen LogP contribution in [0.1, 0.15) is 5.56 Å². The molecule has 78 valence electrons. The highest BCUT2D eigenvalue weighted by molar-refractivity contribution is 7.79. The van der Waals surface area contributed by atoms with Crippen molar-refractivity contribution < 1.29 is 0 Å². The van der Waals surface area contributed by atoms with Crippen LogP contribution in [-0.4, -0.2) is 5.49 Å². The van der Waals surface area contributed by atoms with Crippen LogP contribution >= 0.6 is 12.2 Å². The highest BCUT2D eigenvalue weighted by Crippen LogP contribution is 2.37. The lowest BCUT2D eigenvalue weighted by Crippen LogP contribution is -2.23. The van der Waals surface area contributed by atoms with E-state index in [2.05, 4.69) is 53.4 Å². The quantitative estimate of drug-likeness (QED) is 0.682. The molecule has 0 radical (unpaired) electrons. The van der Waals surface area contributed by atoms with E-state index < -0.39 is 0 Å². The number of hydrogen-bond acceptors (Lipinski definition) is 1. The molecule has 0 spiro atoms. The van der Waals surface area contributed by atoms with E-state index in [9.17, 15) is 0 Å². The fourth-order valence-electron chi connectivity index (χ4n) is 2.24. The van der Waals surface area contributed by atoms with Crippen LogP contribution in [0.2, 0.25) is 0 Å². The Morgan fingerprint density at radius 3 is 2.44 bits per heavy atom. The third kappa shape index (κ3) is 1.34. The van der Waals surface area contributed by atoms with E-state index in [4.69, 9.17) is 12.2 Å². The van der Waals surface area contributed by atoms with E-state index in [1.54, 1.807) is 5.49 Å². The molecule has 0 unspecified atom stereocenters. The topological polar surface area (TPSA) is 3.24 Å². The lowest BCUT2D eigenvalue weighted by molar-refractivity contribution is 1.01. The maximum absolute atomic E-state index is 5.08. The van der Waals surface area contributed by atoms with E-state index in [0.717, 1.165) is 6.54 Å². The number of hydrogen-bond donors (Lipinski definition) is 0. The summed E-state index contributed by atoms with van der Waals surface area (Å²) < 4.78 is 0. The molecule has 0 aliphatic carbocycles. The standard InChI is InChI=1S/C14H11NS/c16-10-15-9-11-5-1-2-6-12(11)13-7-3-4-8-14(13)15/h1-8,10H,9H2. The van der Waals surface area contributed by atoms with Gasteiger partial charge in [-0.15, -0.1) is 0 Å². The second-order valence-electron chi connectivity index (χ2n) is 3.91. The van der Waals surface area contributed by atoms with Crippen LogP contribution in [0.3, 0.4) is 0 Å². The zero-order chi connectivity index (χ0) is 11.0. The van der Waals surface area contributed by atoms with E-state index in [0.29, 0.717) is 0 Å². The second-order valence-corrected chi connectivity index (χ2v) is 4.12. The Bertz CT molecular complexity index is 548. The molecule has 0 atom stereocenters. The Hall–Kier alpha value is -1.67. The minimum Gasteiger partial charge on any atom is -0.334 e. The van der Waals surface area contributed by atoms with Crippen LogP contribution in [0, 0.1) is 0 Å². The fourth-order valence-corrected chi connectivity index (χ4v) is 2.42. The van der Waals surface area contributed by atoms with Gasteiger partial charge < -0.3 is 4.90 Å². The van der Waals surface area contributed by atoms with Crippen molar-refractivity contribution in [2.24, 2.45) is 0 Å². The first-order valence-corrected chi connectivity index (χ1v) is 5.76. The molecule has 0 N–H and O–H groups in total. The Kier molecular flexibility index (Phi) is 2.22. The van der Waals surface area contributed by atoms with Gasteiger partial charge in [0.15, 0.2) is 0 Å². The maximum Gasteiger partial charge on any atom is 0.0688 e. The molecule has 0 fully saturated rings. The summed E-state index contributed by atoms with van der Waals surface area (Å²) in [5.41, 5.74) is 6.87. The molecule has 2 aromatic carbocycles. The van der Waals surface area contributed by atoms with Crippen molar-refractivity contribution in [1.82, 2.24) is 0 Å². The minimum atomic E-state index is 0.872. The van der Waals surface area contributed by atoms with Gasteiger partial charge in [0.2, 0.25) is 0 Å². The van der Waals surface area contributed by atoms with E-state index in [1.807, 2.05) is 0 Å². The first kappa shape index (κ1) is 9.55. The number of nitrogens with zero attached hydrogens (tertiary/aromatic N) is 1. The van der Waals surface area contributed by atoms with Gasteiger partial charge in [-0.1, -0.05) is 54.7 Å². The molecule has 0 amide bonds. The molecule has 1 aliphatic rings. The molecule has 16 heavy (non-hydrogen) atoms. The number of rotatable bonds is 1.